The number of hydrogen-bond acceptors (Lipinski definition) is 1. The Morgan fingerprint density at radius 3 is 2.52 bits per heavy atom. The molecule has 0 aliphatic heterocycles. The number of H-pyrrole nitrogens is 1. The molecule has 0 saturated heterocycles. The molecule has 2 heteroatoms. The molecule has 2 aromatic rings. The van der Waals surface area contributed by atoms with Crippen LogP contribution in [-0.2, 0) is 11.3 Å². The van der Waals surface area contributed by atoms with Gasteiger partial charge in [0.2, 0.25) is 0 Å². The first-order chi connectivity index (χ1) is 10.3. The van der Waals surface area contributed by atoms with Crippen molar-refractivity contribution in [2.75, 3.05) is 0 Å². The molecule has 1 aliphatic rings. The lowest BCUT2D eigenvalue weighted by molar-refractivity contribution is 0.263. The van der Waals surface area contributed by atoms with E-state index < -0.39 is 0 Å². The summed E-state index contributed by atoms with van der Waals surface area (Å²) in [5.74, 6) is 0.886. The Kier molecular flexibility index (Phi) is 5.44. The van der Waals surface area contributed by atoms with E-state index in [1.807, 2.05) is 38.2 Å². The second kappa shape index (κ2) is 7.53. The van der Waals surface area contributed by atoms with Gasteiger partial charge >= 0.3 is 0 Å². The Hall–Kier alpha value is -2.22. The first kappa shape index (κ1) is 15.2. The van der Waals surface area contributed by atoms with Gasteiger partial charge in [-0.3, -0.25) is 0 Å². The lowest BCUT2D eigenvalue weighted by Crippen LogP contribution is -1.94. The maximum atomic E-state index is 5.95. The zero-order valence-corrected chi connectivity index (χ0v) is 12.9. The number of hydrogen-bond donors (Lipinski definition) is 1. The Balaban J connectivity index is 0.000000775. The minimum Gasteiger partial charge on any atom is -0.487 e. The molecule has 1 radical (unpaired) electrons. The molecule has 1 aromatic heterocycles. The number of aromatic nitrogens is 1. The number of aryl methyl sites for hydroxylation is 1. The predicted octanol–water partition coefficient (Wildman–Crippen LogP) is 5.30. The normalized spacial score (nSPS) is 13.1. The van der Waals surface area contributed by atoms with Crippen molar-refractivity contribution in [2.24, 2.45) is 0 Å². The van der Waals surface area contributed by atoms with E-state index in [1.54, 1.807) is 0 Å². The van der Waals surface area contributed by atoms with Gasteiger partial charge in [0.1, 0.15) is 12.4 Å². The highest BCUT2D eigenvalue weighted by molar-refractivity contribution is 5.65. The van der Waals surface area contributed by atoms with Crippen LogP contribution in [0.15, 0.2) is 60.3 Å². The summed E-state index contributed by atoms with van der Waals surface area (Å²) in [6.45, 7) is 6.65. The van der Waals surface area contributed by atoms with Crippen LogP contribution >= 0.6 is 0 Å². The molecule has 0 fully saturated rings. The zero-order chi connectivity index (χ0) is 15.1. The molecule has 1 N–H and O–H groups in total. The molecule has 3 rings (SSSR count). The molecule has 0 atom stereocenters. The van der Waals surface area contributed by atoms with E-state index in [0.717, 1.165) is 11.5 Å². The van der Waals surface area contributed by atoms with Crippen LogP contribution in [0.1, 0.15) is 32.1 Å². The van der Waals surface area contributed by atoms with Crippen LogP contribution in [0.2, 0.25) is 0 Å². The Morgan fingerprint density at radius 2 is 1.95 bits per heavy atom. The van der Waals surface area contributed by atoms with E-state index in [0.29, 0.717) is 6.61 Å². The predicted molar refractivity (Wildman–Crippen MR) is 90.6 cm³/mol. The van der Waals surface area contributed by atoms with Crippen molar-refractivity contribution in [3.8, 4) is 0 Å². The van der Waals surface area contributed by atoms with Crippen LogP contribution in [0.25, 0.3) is 5.76 Å². The third-order valence-electron chi connectivity index (χ3n) is 2.99. The third-order valence-corrected chi connectivity index (χ3v) is 2.99. The maximum absolute atomic E-state index is 5.95. The van der Waals surface area contributed by atoms with E-state index in [9.17, 15) is 0 Å². The summed E-state index contributed by atoms with van der Waals surface area (Å²) in [6, 6.07) is 12.3. The highest BCUT2D eigenvalue weighted by atomic mass is 16.5. The molecule has 1 aromatic carbocycles. The van der Waals surface area contributed by atoms with Crippen LogP contribution in [0.4, 0.5) is 0 Å². The van der Waals surface area contributed by atoms with E-state index in [4.69, 9.17) is 4.74 Å². The fourth-order valence-corrected chi connectivity index (χ4v) is 1.87. The standard InChI is InChI=1S/C17H16NO.C2H6.H2/c1-13-9-16(18-11-13)17(10-14-7-8-14)19-12-15-5-3-2-4-6-15;1-2;/h2-11,18H,12H2,1H3;1-2H3;1H/b17-10-;;. The monoisotopic (exact) mass is 282 g/mol. The largest absolute Gasteiger partial charge is 0.487 e. The number of rotatable bonds is 5. The molecule has 0 unspecified atom stereocenters. The summed E-state index contributed by atoms with van der Waals surface area (Å²) in [6.07, 6.45) is 8.19. The smallest absolute Gasteiger partial charge is 0.143 e. The SMILES string of the molecule is CC.Cc1c[nH]c(/C(=C/C2=C[CH]2)OCc2ccccc2)c1.[HH]. The fourth-order valence-electron chi connectivity index (χ4n) is 1.87. The van der Waals surface area contributed by atoms with Gasteiger partial charge in [0.25, 0.3) is 0 Å². The van der Waals surface area contributed by atoms with Gasteiger partial charge in [-0.05, 0) is 35.8 Å². The number of nitrogens with one attached hydrogen (secondary N) is 1. The molecule has 0 spiro atoms. The molecular formula is C19H24NO. The van der Waals surface area contributed by atoms with Gasteiger partial charge in [-0.25, -0.2) is 0 Å². The van der Waals surface area contributed by atoms with Crippen LogP contribution in [-0.4, -0.2) is 4.98 Å². The Labute approximate surface area is 128 Å². The van der Waals surface area contributed by atoms with Gasteiger partial charge in [-0.1, -0.05) is 50.3 Å². The van der Waals surface area contributed by atoms with Gasteiger partial charge in [-0.15, -0.1) is 0 Å². The molecular weight excluding hydrogens is 258 g/mol. The quantitative estimate of drug-likeness (QED) is 0.740. The van der Waals surface area contributed by atoms with Crippen LogP contribution < -0.4 is 0 Å². The minimum atomic E-state index is 0. The number of benzene rings is 1. The van der Waals surface area contributed by atoms with Crippen molar-refractivity contribution in [2.45, 2.75) is 27.4 Å². The molecule has 21 heavy (non-hydrogen) atoms. The molecule has 0 bridgehead atoms. The van der Waals surface area contributed by atoms with Crippen molar-refractivity contribution in [1.29, 1.82) is 0 Å². The summed E-state index contributed by atoms with van der Waals surface area (Å²) in [4.78, 5) is 3.24. The molecule has 0 saturated carbocycles. The second-order valence-electron chi connectivity index (χ2n) is 4.71. The number of aromatic amines is 1. The average molecular weight is 282 g/mol. The van der Waals surface area contributed by atoms with Crippen LogP contribution in [0.5, 0.6) is 0 Å². The third kappa shape index (κ3) is 4.67. The molecule has 111 valence electrons. The van der Waals surface area contributed by atoms with E-state index in [1.165, 1.54) is 16.7 Å². The summed E-state index contributed by atoms with van der Waals surface area (Å²) >= 11 is 0. The van der Waals surface area contributed by atoms with Gasteiger partial charge in [0.05, 0.1) is 5.69 Å². The van der Waals surface area contributed by atoms with E-state index in [-0.39, 0.29) is 1.43 Å². The summed E-state index contributed by atoms with van der Waals surface area (Å²) in [5, 5.41) is 0. The van der Waals surface area contributed by atoms with Crippen molar-refractivity contribution in [3.05, 3.63) is 83.6 Å². The highest BCUT2D eigenvalue weighted by Crippen LogP contribution is 2.26. The average Bonchev–Trinajstić information content (AvgIpc) is 3.26. The number of ether oxygens (including phenoxy) is 1. The fraction of sp³-hybridized carbons (Fsp3) is 0.211. The lowest BCUT2D eigenvalue weighted by atomic mass is 10.2. The van der Waals surface area contributed by atoms with Gasteiger partial charge in [0, 0.05) is 14.0 Å². The van der Waals surface area contributed by atoms with Crippen molar-refractivity contribution in [1.82, 2.24) is 4.98 Å². The van der Waals surface area contributed by atoms with Crippen molar-refractivity contribution >= 4 is 5.76 Å². The van der Waals surface area contributed by atoms with Gasteiger partial charge in [-0.2, -0.15) is 0 Å². The van der Waals surface area contributed by atoms with Crippen molar-refractivity contribution < 1.29 is 6.16 Å². The second-order valence-corrected chi connectivity index (χ2v) is 4.71. The maximum Gasteiger partial charge on any atom is 0.143 e. The molecule has 1 heterocycles. The van der Waals surface area contributed by atoms with E-state index >= 15 is 0 Å². The van der Waals surface area contributed by atoms with Gasteiger partial charge < -0.3 is 9.72 Å². The first-order valence-corrected chi connectivity index (χ1v) is 7.40. The van der Waals surface area contributed by atoms with Crippen LogP contribution in [0, 0.1) is 13.3 Å². The minimum absolute atomic E-state index is 0. The van der Waals surface area contributed by atoms with Crippen molar-refractivity contribution in [3.63, 3.8) is 0 Å². The summed E-state index contributed by atoms with van der Waals surface area (Å²) in [5.41, 5.74) is 4.62. The van der Waals surface area contributed by atoms with E-state index in [2.05, 4.69) is 48.7 Å². The first-order valence-electron chi connectivity index (χ1n) is 7.40. The highest BCUT2D eigenvalue weighted by Gasteiger charge is 2.11. The topological polar surface area (TPSA) is 25.0 Å². The lowest BCUT2D eigenvalue weighted by Gasteiger charge is -2.09. The molecule has 1 aliphatic carbocycles. The zero-order valence-electron chi connectivity index (χ0n) is 12.9. The Morgan fingerprint density at radius 1 is 1.24 bits per heavy atom. The van der Waals surface area contributed by atoms with Crippen LogP contribution in [0.3, 0.4) is 0 Å². The van der Waals surface area contributed by atoms with Gasteiger partial charge in [0.15, 0.2) is 0 Å². The molecule has 2 nitrogen and oxygen atoms in total. The molecule has 0 amide bonds. The summed E-state index contributed by atoms with van der Waals surface area (Å²) in [7, 11) is 0. The number of allylic oxidation sites excluding steroid dienone is 3. The summed E-state index contributed by atoms with van der Waals surface area (Å²) < 4.78 is 5.95. The Bertz CT molecular complexity index is 626.